The van der Waals surface area contributed by atoms with Gasteiger partial charge in [-0.05, 0) is 57.1 Å². The second-order valence-corrected chi connectivity index (χ2v) is 12.5. The molecule has 0 radical (unpaired) electrons. The summed E-state index contributed by atoms with van der Waals surface area (Å²) in [6, 6.07) is 7.49. The maximum atomic E-state index is 14.2. The average molecular weight is 596 g/mol. The highest BCUT2D eigenvalue weighted by atomic mass is 32.1. The highest BCUT2D eigenvalue weighted by Crippen LogP contribution is 2.42. The molecule has 42 heavy (non-hydrogen) atoms. The van der Waals surface area contributed by atoms with Crippen molar-refractivity contribution in [3.05, 3.63) is 68.7 Å². The van der Waals surface area contributed by atoms with E-state index in [1.165, 1.54) is 42.2 Å². The molecule has 1 aliphatic carbocycles. The molecule has 4 aromatic rings. The van der Waals surface area contributed by atoms with E-state index >= 15 is 0 Å². The Labute approximate surface area is 245 Å². The third kappa shape index (κ3) is 4.67. The highest BCUT2D eigenvalue weighted by Gasteiger charge is 2.41. The van der Waals surface area contributed by atoms with Crippen LogP contribution >= 0.6 is 11.3 Å². The molecular formula is C30H33N3O8S. The first-order chi connectivity index (χ1) is 20.1. The van der Waals surface area contributed by atoms with E-state index in [4.69, 9.17) is 18.6 Å². The lowest BCUT2D eigenvalue weighted by atomic mass is 10.0. The molecule has 3 aromatic heterocycles. The molecule has 3 atom stereocenters. The van der Waals surface area contributed by atoms with Gasteiger partial charge in [-0.3, -0.25) is 9.36 Å². The van der Waals surface area contributed by atoms with Gasteiger partial charge in [-0.2, -0.15) is 0 Å². The minimum absolute atomic E-state index is 0.0268. The van der Waals surface area contributed by atoms with Crippen LogP contribution in [0.5, 0.6) is 5.75 Å². The fourth-order valence-electron chi connectivity index (χ4n) is 6.23. The Kier molecular flexibility index (Phi) is 7.32. The van der Waals surface area contributed by atoms with Gasteiger partial charge in [-0.25, -0.2) is 19.1 Å². The van der Waals surface area contributed by atoms with Crippen LogP contribution in [-0.2, 0) is 26.4 Å². The van der Waals surface area contributed by atoms with Crippen LogP contribution in [-0.4, -0.2) is 51.6 Å². The summed E-state index contributed by atoms with van der Waals surface area (Å²) in [6.45, 7) is 5.91. The average Bonchev–Trinajstić information content (AvgIpc) is 3.75. The monoisotopic (exact) mass is 595 g/mol. The second kappa shape index (κ2) is 10.8. The molecule has 6 rings (SSSR count). The first-order valence-corrected chi connectivity index (χ1v) is 14.7. The van der Waals surface area contributed by atoms with Gasteiger partial charge in [0.15, 0.2) is 0 Å². The Hall–Kier alpha value is -3.74. The normalized spacial score (nSPS) is 21.1. The van der Waals surface area contributed by atoms with E-state index in [9.17, 15) is 19.5 Å². The Morgan fingerprint density at radius 3 is 2.57 bits per heavy atom. The Morgan fingerprint density at radius 1 is 1.21 bits per heavy atom. The molecule has 1 aliphatic heterocycles. The number of aromatic nitrogens is 3. The molecule has 222 valence electrons. The van der Waals surface area contributed by atoms with Crippen molar-refractivity contribution in [3.63, 3.8) is 0 Å². The molecule has 0 bridgehead atoms. The maximum absolute atomic E-state index is 14.2. The van der Waals surface area contributed by atoms with E-state index in [1.807, 2.05) is 24.3 Å². The number of carbonyl (C=O) groups is 1. The number of carboxylic acid groups (broad SMARTS) is 1. The lowest BCUT2D eigenvalue weighted by Gasteiger charge is -2.27. The van der Waals surface area contributed by atoms with Crippen molar-refractivity contribution in [1.29, 1.82) is 0 Å². The number of ether oxygens (including phenoxy) is 3. The smallest absolute Gasteiger partial charge is 0.333 e. The zero-order valence-corrected chi connectivity index (χ0v) is 24.7. The molecule has 0 spiro atoms. The first kappa shape index (κ1) is 28.4. The summed E-state index contributed by atoms with van der Waals surface area (Å²) >= 11 is 1.21. The third-order valence-corrected chi connectivity index (χ3v) is 9.88. The molecule has 2 aliphatic rings. The zero-order valence-electron chi connectivity index (χ0n) is 23.9. The van der Waals surface area contributed by atoms with Crippen molar-refractivity contribution >= 4 is 27.5 Å². The number of carboxylic acids is 1. The van der Waals surface area contributed by atoms with Crippen LogP contribution in [0, 0.1) is 18.8 Å². The van der Waals surface area contributed by atoms with Crippen LogP contribution in [0.3, 0.4) is 0 Å². The quantitative estimate of drug-likeness (QED) is 0.302. The fourth-order valence-corrected chi connectivity index (χ4v) is 7.47. The van der Waals surface area contributed by atoms with Crippen LogP contribution < -0.4 is 16.0 Å². The molecule has 2 fully saturated rings. The van der Waals surface area contributed by atoms with Gasteiger partial charge in [0.25, 0.3) is 5.56 Å². The van der Waals surface area contributed by atoms with Crippen LogP contribution in [0.15, 0.2) is 50.7 Å². The highest BCUT2D eigenvalue weighted by molar-refractivity contribution is 7.22. The summed E-state index contributed by atoms with van der Waals surface area (Å²) < 4.78 is 25.9. The Balaban J connectivity index is 1.54. The standard InChI is InChI=1S/C30H33N3O8S/c1-16-23-26(34)33(30(2,3)28(35)36)29(37)32(27(23)42-24(16)25-31-9-10-40-25)13-22(20-7-5-6-8-21(20)38-4)41-19-11-17-14-39-15-18(17)12-19/h5-10,17-19,22H,11-15H2,1-4H3,(H,35,36). The van der Waals surface area contributed by atoms with Crippen molar-refractivity contribution in [2.24, 2.45) is 11.8 Å². The van der Waals surface area contributed by atoms with Gasteiger partial charge in [-0.15, -0.1) is 11.3 Å². The Bertz CT molecular complexity index is 1740. The molecule has 1 N–H and O–H groups in total. The topological polar surface area (TPSA) is 135 Å². The number of rotatable bonds is 9. The van der Waals surface area contributed by atoms with Crippen molar-refractivity contribution in [2.75, 3.05) is 20.3 Å². The summed E-state index contributed by atoms with van der Waals surface area (Å²) in [4.78, 5) is 45.6. The number of hydrogen-bond donors (Lipinski definition) is 1. The van der Waals surface area contributed by atoms with Crippen molar-refractivity contribution < 1.29 is 28.5 Å². The summed E-state index contributed by atoms with van der Waals surface area (Å²) in [6.07, 6.45) is 3.95. The van der Waals surface area contributed by atoms with Crippen LogP contribution in [0.4, 0.5) is 0 Å². The van der Waals surface area contributed by atoms with Crippen LogP contribution in [0.2, 0.25) is 0 Å². The minimum Gasteiger partial charge on any atom is -0.496 e. The number of benzene rings is 1. The predicted octanol–water partition coefficient (Wildman–Crippen LogP) is 4.20. The number of methoxy groups -OCH3 is 1. The summed E-state index contributed by atoms with van der Waals surface area (Å²) in [5.41, 5.74) is -1.91. The second-order valence-electron chi connectivity index (χ2n) is 11.5. The van der Waals surface area contributed by atoms with Crippen molar-refractivity contribution in [3.8, 4) is 16.5 Å². The van der Waals surface area contributed by atoms with Gasteiger partial charge in [0.1, 0.15) is 28.5 Å². The number of oxazole rings is 1. The minimum atomic E-state index is -1.81. The van der Waals surface area contributed by atoms with Crippen molar-refractivity contribution in [1.82, 2.24) is 14.1 Å². The summed E-state index contributed by atoms with van der Waals surface area (Å²) in [5.74, 6) is 0.489. The number of hydrogen-bond acceptors (Lipinski definition) is 9. The lowest BCUT2D eigenvalue weighted by molar-refractivity contribution is -0.146. The van der Waals surface area contributed by atoms with Crippen LogP contribution in [0.1, 0.15) is 43.9 Å². The molecule has 1 aromatic carbocycles. The van der Waals surface area contributed by atoms with Crippen molar-refractivity contribution in [2.45, 2.75) is 57.9 Å². The molecule has 0 amide bonds. The number of fused-ring (bicyclic) bond motifs is 2. The predicted molar refractivity (Wildman–Crippen MR) is 155 cm³/mol. The number of aryl methyl sites for hydroxylation is 1. The van der Waals surface area contributed by atoms with Gasteiger partial charge < -0.3 is 23.7 Å². The van der Waals surface area contributed by atoms with E-state index < -0.39 is 28.9 Å². The SMILES string of the molecule is COc1ccccc1C(Cn1c(=O)n(C(C)(C)C(=O)O)c(=O)c2c(C)c(-c3ncco3)sc21)OC1CC2COCC2C1. The summed E-state index contributed by atoms with van der Waals surface area (Å²) in [5, 5.41) is 10.3. The first-order valence-electron chi connectivity index (χ1n) is 13.9. The van der Waals surface area contributed by atoms with E-state index in [-0.39, 0.29) is 18.0 Å². The number of nitrogens with zero attached hydrogens (tertiary/aromatic N) is 3. The molecular weight excluding hydrogens is 562 g/mol. The van der Waals surface area contributed by atoms with E-state index in [0.29, 0.717) is 38.7 Å². The lowest BCUT2D eigenvalue weighted by Crippen LogP contribution is -2.52. The summed E-state index contributed by atoms with van der Waals surface area (Å²) in [7, 11) is 1.58. The van der Waals surface area contributed by atoms with Gasteiger partial charge in [-0.1, -0.05) is 18.2 Å². The fraction of sp³-hybridized carbons (Fsp3) is 0.467. The van der Waals surface area contributed by atoms with Gasteiger partial charge in [0.05, 0.1) is 36.2 Å². The third-order valence-electron chi connectivity index (χ3n) is 8.57. The van der Waals surface area contributed by atoms with Crippen LogP contribution in [0.25, 0.3) is 21.0 Å². The zero-order chi connectivity index (χ0) is 29.8. The van der Waals surface area contributed by atoms with Gasteiger partial charge in [0.2, 0.25) is 5.89 Å². The van der Waals surface area contributed by atoms with Gasteiger partial charge >= 0.3 is 11.7 Å². The van der Waals surface area contributed by atoms with E-state index in [1.54, 1.807) is 14.0 Å². The molecule has 11 nitrogen and oxygen atoms in total. The molecule has 1 saturated heterocycles. The molecule has 3 unspecified atom stereocenters. The van der Waals surface area contributed by atoms with E-state index in [0.717, 1.165) is 36.2 Å². The van der Waals surface area contributed by atoms with E-state index in [2.05, 4.69) is 4.98 Å². The Morgan fingerprint density at radius 2 is 1.93 bits per heavy atom. The number of aliphatic carboxylic acids is 1. The molecule has 12 heteroatoms. The maximum Gasteiger partial charge on any atom is 0.333 e. The number of para-hydroxylation sites is 1. The number of thiophene rings is 1. The van der Waals surface area contributed by atoms with Gasteiger partial charge in [0, 0.05) is 18.8 Å². The molecule has 1 saturated carbocycles. The molecule has 4 heterocycles. The largest absolute Gasteiger partial charge is 0.496 e.